The van der Waals surface area contributed by atoms with Gasteiger partial charge in [-0.25, -0.2) is 4.79 Å². The summed E-state index contributed by atoms with van der Waals surface area (Å²) in [6, 6.07) is -2.24. The molecule has 1 amide bonds. The van der Waals surface area contributed by atoms with Crippen LogP contribution in [0.2, 0.25) is 0 Å². The van der Waals surface area contributed by atoms with Crippen LogP contribution < -0.4 is 15.9 Å². The van der Waals surface area contributed by atoms with Gasteiger partial charge in [-0.1, -0.05) is 0 Å². The Kier molecular flexibility index (Phi) is 8.09. The lowest BCUT2D eigenvalue weighted by molar-refractivity contribution is -0.143. The molecule has 0 aromatic carbocycles. The molecule has 0 saturated heterocycles. The van der Waals surface area contributed by atoms with Crippen molar-refractivity contribution in [2.24, 2.45) is 0 Å². The van der Waals surface area contributed by atoms with E-state index in [0.717, 1.165) is 7.31 Å². The van der Waals surface area contributed by atoms with Crippen LogP contribution in [0.1, 0.15) is 20.3 Å². The molecule has 7 nitrogen and oxygen atoms in total. The lowest BCUT2D eigenvalue weighted by Crippen LogP contribution is -2.58. The van der Waals surface area contributed by atoms with Gasteiger partial charge in [0.05, 0.1) is 6.04 Å². The maximum Gasteiger partial charge on any atom is 0.326 e. The highest BCUT2D eigenvalue weighted by atomic mass is 16.4. The number of amides is 1. The molecule has 19 heavy (non-hydrogen) atoms. The quantitative estimate of drug-likeness (QED) is 0.353. The van der Waals surface area contributed by atoms with Crippen molar-refractivity contribution in [3.05, 3.63) is 0 Å². The second-order valence-electron chi connectivity index (χ2n) is 4.19. The molecule has 103 valence electrons. The van der Waals surface area contributed by atoms with E-state index in [0.29, 0.717) is 0 Å². The van der Waals surface area contributed by atoms with Gasteiger partial charge in [-0.3, -0.25) is 9.59 Å². The van der Waals surface area contributed by atoms with Crippen LogP contribution in [0, 0.1) is 0 Å². The lowest BCUT2D eigenvalue weighted by atomic mass is 9.66. The molecule has 0 aliphatic rings. The largest absolute Gasteiger partial charge is 0.480 e. The summed E-state index contributed by atoms with van der Waals surface area (Å²) in [5.74, 6) is -2.11. The van der Waals surface area contributed by atoms with Gasteiger partial charge in [0.25, 0.3) is 0 Å². The Balaban J connectivity index is 4.74. The van der Waals surface area contributed by atoms with Crippen LogP contribution in [0.5, 0.6) is 0 Å². The average Bonchev–Trinajstić information content (AvgIpc) is 2.33. The smallest absolute Gasteiger partial charge is 0.326 e. The standard InChI is InChI=1S/C10H18B2N3O4/c1-5(16)4-7(10(18)19)14-9(17)8(15-12-11)6(2)13-3/h6-8,13,15H,4H2,1-3H3,(H,14,17)(H,18,19)/t6-,7-,8-/m0/s1. The molecule has 0 aliphatic heterocycles. The summed E-state index contributed by atoms with van der Waals surface area (Å²) in [4.78, 5) is 33.9. The van der Waals surface area contributed by atoms with Crippen LogP contribution in [-0.2, 0) is 14.4 Å². The fourth-order valence-corrected chi connectivity index (χ4v) is 1.47. The number of Topliss-reactive ketones (excluding diaryl/α,β-unsaturated/α-hetero) is 1. The van der Waals surface area contributed by atoms with Crippen LogP contribution in [0.3, 0.4) is 0 Å². The van der Waals surface area contributed by atoms with E-state index in [1.807, 2.05) is 0 Å². The van der Waals surface area contributed by atoms with Crippen molar-refractivity contribution in [2.75, 3.05) is 7.05 Å². The van der Waals surface area contributed by atoms with Crippen molar-refractivity contribution in [1.29, 1.82) is 0 Å². The molecular weight excluding hydrogens is 248 g/mol. The number of hydrogen-bond acceptors (Lipinski definition) is 5. The van der Waals surface area contributed by atoms with Crippen molar-refractivity contribution in [2.45, 2.75) is 38.4 Å². The van der Waals surface area contributed by atoms with E-state index in [4.69, 9.17) is 12.8 Å². The number of nitrogens with one attached hydrogen (secondary N) is 3. The maximum absolute atomic E-state index is 12.0. The summed E-state index contributed by atoms with van der Waals surface area (Å²) in [5.41, 5.74) is 0. The highest BCUT2D eigenvalue weighted by Crippen LogP contribution is 1.98. The Morgan fingerprint density at radius 1 is 1.37 bits per heavy atom. The van der Waals surface area contributed by atoms with E-state index < -0.39 is 24.0 Å². The highest BCUT2D eigenvalue weighted by molar-refractivity contribution is 6.87. The fraction of sp³-hybridized carbons (Fsp3) is 0.700. The van der Waals surface area contributed by atoms with E-state index in [9.17, 15) is 14.4 Å². The number of carboxylic acid groups (broad SMARTS) is 1. The number of carbonyl (C=O) groups excluding carboxylic acids is 2. The molecular formula is C10H18B2N3O4. The summed E-state index contributed by atoms with van der Waals surface area (Å²) < 4.78 is 0. The van der Waals surface area contributed by atoms with E-state index in [2.05, 4.69) is 15.9 Å². The van der Waals surface area contributed by atoms with Crippen molar-refractivity contribution < 1.29 is 19.5 Å². The van der Waals surface area contributed by atoms with E-state index >= 15 is 0 Å². The minimum Gasteiger partial charge on any atom is -0.480 e. The van der Waals surface area contributed by atoms with Crippen LogP contribution in [-0.4, -0.2) is 63.0 Å². The normalized spacial score (nSPS) is 15.1. The Labute approximate surface area is 114 Å². The first kappa shape index (κ1) is 17.7. The number of carbonyl (C=O) groups is 3. The topological polar surface area (TPSA) is 108 Å². The number of hydrogen-bond donors (Lipinski definition) is 4. The minimum atomic E-state index is -1.25. The zero-order valence-corrected chi connectivity index (χ0v) is 11.3. The molecule has 0 bridgehead atoms. The van der Waals surface area contributed by atoms with E-state index in [1.165, 1.54) is 6.92 Å². The summed E-state index contributed by atoms with van der Waals surface area (Å²) in [6.07, 6.45) is -0.256. The van der Waals surface area contributed by atoms with Crippen molar-refractivity contribution >= 4 is 32.7 Å². The second-order valence-corrected chi connectivity index (χ2v) is 4.19. The fourth-order valence-electron chi connectivity index (χ4n) is 1.47. The Hall–Kier alpha value is -1.34. The molecule has 0 spiro atoms. The first-order chi connectivity index (χ1) is 8.83. The third-order valence-corrected chi connectivity index (χ3v) is 2.62. The SMILES string of the molecule is [B][B]N[C@H](C(=O)N[C@@H](CC(C)=O)C(=O)O)[C@H](C)NC. The summed E-state index contributed by atoms with van der Waals surface area (Å²) in [5, 5.41) is 16.7. The van der Waals surface area contributed by atoms with Crippen LogP contribution in [0.4, 0.5) is 0 Å². The summed E-state index contributed by atoms with van der Waals surface area (Å²) >= 11 is 0. The lowest BCUT2D eigenvalue weighted by Gasteiger charge is -2.25. The van der Waals surface area contributed by atoms with Gasteiger partial charge < -0.3 is 21.0 Å². The van der Waals surface area contributed by atoms with Crippen molar-refractivity contribution in [3.63, 3.8) is 0 Å². The molecule has 0 aromatic heterocycles. The van der Waals surface area contributed by atoms with Crippen LogP contribution in [0.25, 0.3) is 0 Å². The first-order valence-electron chi connectivity index (χ1n) is 5.82. The van der Waals surface area contributed by atoms with Crippen LogP contribution in [0.15, 0.2) is 0 Å². The average molecular weight is 266 g/mol. The number of ketones is 1. The molecule has 3 atom stereocenters. The molecule has 0 saturated carbocycles. The van der Waals surface area contributed by atoms with E-state index in [-0.39, 0.29) is 18.2 Å². The predicted molar refractivity (Wildman–Crippen MR) is 71.8 cm³/mol. The van der Waals surface area contributed by atoms with E-state index in [1.54, 1.807) is 14.0 Å². The number of likely N-dealkylation sites (N-methyl/N-ethyl adjacent to an activating group) is 1. The van der Waals surface area contributed by atoms with Gasteiger partial charge in [0, 0.05) is 20.2 Å². The Morgan fingerprint density at radius 2 is 1.95 bits per heavy atom. The molecule has 0 rings (SSSR count). The second kappa shape index (κ2) is 8.71. The number of aliphatic carboxylic acids is 1. The van der Waals surface area contributed by atoms with Gasteiger partial charge in [0.2, 0.25) is 5.91 Å². The highest BCUT2D eigenvalue weighted by Gasteiger charge is 2.28. The van der Waals surface area contributed by atoms with Gasteiger partial charge in [0.1, 0.15) is 19.1 Å². The minimum absolute atomic E-state index is 0.256. The zero-order chi connectivity index (χ0) is 15.0. The van der Waals surface area contributed by atoms with Gasteiger partial charge in [-0.05, 0) is 20.9 Å². The Bertz CT molecular complexity index is 341. The third-order valence-electron chi connectivity index (χ3n) is 2.62. The van der Waals surface area contributed by atoms with Gasteiger partial charge in [-0.2, -0.15) is 0 Å². The molecule has 4 N–H and O–H groups in total. The molecule has 0 heterocycles. The molecule has 3 radical (unpaired) electrons. The summed E-state index contributed by atoms with van der Waals surface area (Å²) in [7, 11) is 7.99. The number of carboxylic acids is 1. The van der Waals surface area contributed by atoms with Gasteiger partial charge in [-0.15, -0.1) is 0 Å². The van der Waals surface area contributed by atoms with Crippen molar-refractivity contribution in [3.8, 4) is 0 Å². The molecule has 0 aliphatic carbocycles. The predicted octanol–water partition coefficient (Wildman–Crippen LogP) is -2.20. The van der Waals surface area contributed by atoms with Crippen molar-refractivity contribution in [1.82, 2.24) is 15.9 Å². The first-order valence-corrected chi connectivity index (χ1v) is 5.82. The number of rotatable bonds is 9. The van der Waals surface area contributed by atoms with Crippen LogP contribution >= 0.6 is 0 Å². The Morgan fingerprint density at radius 3 is 2.32 bits per heavy atom. The van der Waals surface area contributed by atoms with Gasteiger partial charge in [0.15, 0.2) is 0 Å². The monoisotopic (exact) mass is 266 g/mol. The molecule has 9 heteroatoms. The third kappa shape index (κ3) is 6.40. The van der Waals surface area contributed by atoms with Gasteiger partial charge >= 0.3 is 5.97 Å². The zero-order valence-electron chi connectivity index (χ0n) is 11.3. The molecule has 0 aromatic rings. The molecule has 0 fully saturated rings. The maximum atomic E-state index is 12.0. The summed E-state index contributed by atoms with van der Waals surface area (Å²) in [6.45, 7) is 3.00. The molecule has 0 unspecified atom stereocenters.